The molecule has 0 saturated carbocycles. The van der Waals surface area contributed by atoms with Gasteiger partial charge >= 0.3 is 0 Å². The average Bonchev–Trinajstić information content (AvgIpc) is 2.28. The summed E-state index contributed by atoms with van der Waals surface area (Å²) in [6.45, 7) is 1.74. The van der Waals surface area contributed by atoms with Crippen molar-refractivity contribution in [2.45, 2.75) is 19.4 Å². The van der Waals surface area contributed by atoms with Crippen molar-refractivity contribution in [1.29, 1.82) is 0 Å². The van der Waals surface area contributed by atoms with E-state index in [0.717, 1.165) is 10.0 Å². The highest BCUT2D eigenvalue weighted by atomic mass is 79.9. The number of carbonyl (C=O) groups is 1. The molecule has 0 spiro atoms. The molecular formula is C13H18BrNO3S. The summed E-state index contributed by atoms with van der Waals surface area (Å²) in [5.74, 6) is -0.117. The van der Waals surface area contributed by atoms with Crippen molar-refractivity contribution in [3.63, 3.8) is 0 Å². The van der Waals surface area contributed by atoms with E-state index in [2.05, 4.69) is 15.9 Å². The highest BCUT2D eigenvalue weighted by molar-refractivity contribution is 9.10. The molecule has 0 saturated heterocycles. The van der Waals surface area contributed by atoms with Crippen LogP contribution in [0.1, 0.15) is 12.5 Å². The Morgan fingerprint density at radius 1 is 1.37 bits per heavy atom. The molecule has 0 aliphatic rings. The van der Waals surface area contributed by atoms with Crippen LogP contribution < -0.4 is 0 Å². The van der Waals surface area contributed by atoms with Crippen LogP contribution in [0.4, 0.5) is 0 Å². The summed E-state index contributed by atoms with van der Waals surface area (Å²) in [5.41, 5.74) is 0.894. The van der Waals surface area contributed by atoms with E-state index in [9.17, 15) is 13.2 Å². The third-order valence-electron chi connectivity index (χ3n) is 2.90. The lowest BCUT2D eigenvalue weighted by Crippen LogP contribution is -2.40. The number of nitrogens with zero attached hydrogens (tertiary/aromatic N) is 1. The molecule has 0 radical (unpaired) electrons. The standard InChI is InChI=1S/C13H18BrNO3S/c1-10(9-19(3,17)18)15(2)13(16)8-11-6-4-5-7-12(11)14/h4-7,10H,8-9H2,1-3H3. The molecule has 19 heavy (non-hydrogen) atoms. The van der Waals surface area contributed by atoms with Crippen molar-refractivity contribution < 1.29 is 13.2 Å². The number of carbonyl (C=O) groups excluding carboxylic acids is 1. The zero-order valence-corrected chi connectivity index (χ0v) is 13.7. The molecule has 106 valence electrons. The van der Waals surface area contributed by atoms with E-state index in [4.69, 9.17) is 0 Å². The Morgan fingerprint density at radius 2 is 1.95 bits per heavy atom. The topological polar surface area (TPSA) is 54.5 Å². The van der Waals surface area contributed by atoms with E-state index in [-0.39, 0.29) is 24.1 Å². The molecule has 0 aromatic heterocycles. The minimum absolute atomic E-state index is 0.0226. The van der Waals surface area contributed by atoms with Gasteiger partial charge in [-0.25, -0.2) is 8.42 Å². The minimum atomic E-state index is -3.09. The largest absolute Gasteiger partial charge is 0.342 e. The van der Waals surface area contributed by atoms with Gasteiger partial charge in [-0.1, -0.05) is 34.1 Å². The molecule has 1 rings (SSSR count). The summed E-state index contributed by atoms with van der Waals surface area (Å²) < 4.78 is 23.4. The molecular weight excluding hydrogens is 330 g/mol. The normalized spacial score (nSPS) is 13.1. The first-order valence-electron chi connectivity index (χ1n) is 5.87. The minimum Gasteiger partial charge on any atom is -0.342 e. The zero-order valence-electron chi connectivity index (χ0n) is 11.3. The molecule has 0 N–H and O–H groups in total. The van der Waals surface area contributed by atoms with Gasteiger partial charge in [0, 0.05) is 23.8 Å². The van der Waals surface area contributed by atoms with E-state index in [0.29, 0.717) is 0 Å². The van der Waals surface area contributed by atoms with Crippen molar-refractivity contribution in [3.05, 3.63) is 34.3 Å². The summed E-state index contributed by atoms with van der Waals surface area (Å²) in [6, 6.07) is 7.17. The van der Waals surface area contributed by atoms with Crippen LogP contribution in [0.3, 0.4) is 0 Å². The summed E-state index contributed by atoms with van der Waals surface area (Å²) >= 11 is 3.39. The first-order chi connectivity index (χ1) is 8.70. The maximum absolute atomic E-state index is 12.1. The molecule has 4 nitrogen and oxygen atoms in total. The molecule has 1 amide bonds. The third kappa shape index (κ3) is 5.32. The summed E-state index contributed by atoms with van der Waals surface area (Å²) in [6.07, 6.45) is 1.43. The number of likely N-dealkylation sites (N-methyl/N-ethyl adjacent to an activating group) is 1. The van der Waals surface area contributed by atoms with Crippen molar-refractivity contribution in [2.75, 3.05) is 19.1 Å². The lowest BCUT2D eigenvalue weighted by Gasteiger charge is -2.24. The predicted octanol–water partition coefficient (Wildman–Crippen LogP) is 1.88. The molecule has 1 unspecified atom stereocenters. The van der Waals surface area contributed by atoms with Crippen molar-refractivity contribution in [2.24, 2.45) is 0 Å². The van der Waals surface area contributed by atoms with Gasteiger partial charge in [0.25, 0.3) is 0 Å². The molecule has 1 atom stereocenters. The molecule has 0 aliphatic heterocycles. The van der Waals surface area contributed by atoms with Gasteiger partial charge in [-0.05, 0) is 18.6 Å². The second-order valence-electron chi connectivity index (χ2n) is 4.71. The van der Waals surface area contributed by atoms with Gasteiger partial charge in [0.15, 0.2) is 0 Å². The van der Waals surface area contributed by atoms with Gasteiger partial charge < -0.3 is 4.90 Å². The lowest BCUT2D eigenvalue weighted by molar-refractivity contribution is -0.130. The fourth-order valence-corrected chi connectivity index (χ4v) is 3.25. The molecule has 6 heteroatoms. The second-order valence-corrected chi connectivity index (χ2v) is 7.75. The van der Waals surface area contributed by atoms with Crippen LogP contribution in [0, 0.1) is 0 Å². The highest BCUT2D eigenvalue weighted by Gasteiger charge is 2.20. The molecule has 0 heterocycles. The number of hydrogen-bond acceptors (Lipinski definition) is 3. The lowest BCUT2D eigenvalue weighted by atomic mass is 10.1. The fourth-order valence-electron chi connectivity index (χ4n) is 1.73. The molecule has 0 aliphatic carbocycles. The van der Waals surface area contributed by atoms with Gasteiger partial charge in [-0.3, -0.25) is 4.79 Å². The maximum atomic E-state index is 12.1. The molecule has 0 fully saturated rings. The number of hydrogen-bond donors (Lipinski definition) is 0. The Balaban J connectivity index is 2.71. The van der Waals surface area contributed by atoms with E-state index in [1.165, 1.54) is 11.2 Å². The van der Waals surface area contributed by atoms with Crippen molar-refractivity contribution in [3.8, 4) is 0 Å². The number of sulfone groups is 1. The number of rotatable bonds is 5. The van der Waals surface area contributed by atoms with E-state index < -0.39 is 9.84 Å². The summed E-state index contributed by atoms with van der Waals surface area (Å²) in [4.78, 5) is 13.6. The highest BCUT2D eigenvalue weighted by Crippen LogP contribution is 2.17. The molecule has 0 bridgehead atoms. The van der Waals surface area contributed by atoms with Crippen LogP contribution >= 0.6 is 15.9 Å². The molecule has 1 aromatic rings. The zero-order chi connectivity index (χ0) is 14.6. The first kappa shape index (κ1) is 16.2. The predicted molar refractivity (Wildman–Crippen MR) is 79.8 cm³/mol. The van der Waals surface area contributed by atoms with Gasteiger partial charge in [-0.2, -0.15) is 0 Å². The third-order valence-corrected chi connectivity index (χ3v) is 4.76. The number of amides is 1. The summed E-state index contributed by atoms with van der Waals surface area (Å²) in [7, 11) is -1.45. The van der Waals surface area contributed by atoms with Crippen LogP contribution in [0.15, 0.2) is 28.7 Å². The monoisotopic (exact) mass is 347 g/mol. The van der Waals surface area contributed by atoms with Crippen LogP contribution in [-0.2, 0) is 21.1 Å². The van der Waals surface area contributed by atoms with E-state index in [1.807, 2.05) is 24.3 Å². The van der Waals surface area contributed by atoms with Gasteiger partial charge in [0.05, 0.1) is 12.2 Å². The fraction of sp³-hybridized carbons (Fsp3) is 0.462. The van der Waals surface area contributed by atoms with E-state index in [1.54, 1.807) is 14.0 Å². The van der Waals surface area contributed by atoms with Gasteiger partial charge in [-0.15, -0.1) is 0 Å². The van der Waals surface area contributed by atoms with E-state index >= 15 is 0 Å². The van der Waals surface area contributed by atoms with Crippen molar-refractivity contribution >= 4 is 31.7 Å². The second kappa shape index (κ2) is 6.52. The first-order valence-corrected chi connectivity index (χ1v) is 8.73. The Bertz CT molecular complexity index is 557. The van der Waals surface area contributed by atoms with Crippen LogP contribution in [0.2, 0.25) is 0 Å². The maximum Gasteiger partial charge on any atom is 0.227 e. The van der Waals surface area contributed by atoms with Crippen LogP contribution in [-0.4, -0.2) is 44.3 Å². The quantitative estimate of drug-likeness (QED) is 0.817. The Labute approximate surface area is 122 Å². The Morgan fingerprint density at radius 3 is 2.47 bits per heavy atom. The Hall–Kier alpha value is -0.880. The van der Waals surface area contributed by atoms with Gasteiger partial charge in [0.2, 0.25) is 5.91 Å². The molecule has 1 aromatic carbocycles. The van der Waals surface area contributed by atoms with Crippen LogP contribution in [0.25, 0.3) is 0 Å². The average molecular weight is 348 g/mol. The van der Waals surface area contributed by atoms with Crippen LogP contribution in [0.5, 0.6) is 0 Å². The number of halogens is 1. The summed E-state index contributed by atoms with van der Waals surface area (Å²) in [5, 5.41) is 0. The SMILES string of the molecule is CC(CS(C)(=O)=O)N(C)C(=O)Cc1ccccc1Br. The van der Waals surface area contributed by atoms with Crippen molar-refractivity contribution in [1.82, 2.24) is 4.90 Å². The Kier molecular flexibility index (Phi) is 5.55. The smallest absolute Gasteiger partial charge is 0.227 e. The van der Waals surface area contributed by atoms with Gasteiger partial charge in [0.1, 0.15) is 9.84 Å². The number of benzene rings is 1.